The van der Waals surface area contributed by atoms with E-state index in [9.17, 15) is 9.35 Å². The summed E-state index contributed by atoms with van der Waals surface area (Å²) in [6.45, 7) is 0.237. The van der Waals surface area contributed by atoms with Crippen LogP contribution in [0.4, 0.5) is 0 Å². The summed E-state index contributed by atoms with van der Waals surface area (Å²) in [5.74, 6) is 1.78. The molecule has 0 saturated heterocycles. The lowest BCUT2D eigenvalue weighted by Crippen LogP contribution is -2.28. The molecule has 4 rings (SSSR count). The molecule has 148 valence electrons. The number of hydrogen-bond acceptors (Lipinski definition) is 7. The molecule has 0 bridgehead atoms. The van der Waals surface area contributed by atoms with Crippen LogP contribution in [0.15, 0.2) is 27.3 Å². The fourth-order valence-electron chi connectivity index (χ4n) is 2.99. The molecule has 0 spiro atoms. The lowest BCUT2D eigenvalue weighted by atomic mass is 10.1. The minimum atomic E-state index is -1.28. The molecule has 1 unspecified atom stereocenters. The molecule has 28 heavy (non-hydrogen) atoms. The molecule has 1 aliphatic rings. The van der Waals surface area contributed by atoms with Crippen LogP contribution in [-0.4, -0.2) is 39.6 Å². The molecular weight excluding hydrogens is 422 g/mol. The third-order valence-electron chi connectivity index (χ3n) is 4.66. The van der Waals surface area contributed by atoms with Crippen LogP contribution in [0.1, 0.15) is 24.2 Å². The third-order valence-corrected chi connectivity index (χ3v) is 7.49. The molecule has 1 fully saturated rings. The first kappa shape index (κ1) is 19.5. The fourth-order valence-corrected chi connectivity index (χ4v) is 4.82. The van der Waals surface area contributed by atoms with Crippen molar-refractivity contribution in [1.29, 1.82) is 0 Å². The van der Waals surface area contributed by atoms with Crippen molar-refractivity contribution in [1.82, 2.24) is 14.5 Å². The van der Waals surface area contributed by atoms with Crippen LogP contribution >= 0.6 is 22.9 Å². The first-order valence-electron chi connectivity index (χ1n) is 8.51. The van der Waals surface area contributed by atoms with Gasteiger partial charge in [-0.05, 0) is 36.3 Å². The van der Waals surface area contributed by atoms with Crippen LogP contribution in [0.25, 0.3) is 10.3 Å². The van der Waals surface area contributed by atoms with Crippen molar-refractivity contribution in [2.75, 3.05) is 20.5 Å². The number of fused-ring (bicyclic) bond motifs is 1. The summed E-state index contributed by atoms with van der Waals surface area (Å²) in [5, 5.41) is 0. The monoisotopic (exact) mass is 439 g/mol. The summed E-state index contributed by atoms with van der Waals surface area (Å²) in [6, 6.07) is 5.42. The number of hydrogen-bond donors (Lipinski definition) is 0. The molecule has 3 aromatic rings. The van der Waals surface area contributed by atoms with Crippen molar-refractivity contribution in [3.63, 3.8) is 0 Å². The zero-order valence-electron chi connectivity index (χ0n) is 15.5. The van der Waals surface area contributed by atoms with Crippen molar-refractivity contribution in [2.24, 2.45) is 0 Å². The SMILES string of the molecule is COc1ccc(Cn2c(C3(Cl)CC3)nc3sc([S+](C)[O-])nc3c2=O)c(OC)c1. The summed E-state index contributed by atoms with van der Waals surface area (Å²) in [5.41, 5.74) is 0.716. The third kappa shape index (κ3) is 3.36. The predicted molar refractivity (Wildman–Crippen MR) is 109 cm³/mol. The minimum Gasteiger partial charge on any atom is -0.610 e. The van der Waals surface area contributed by atoms with Gasteiger partial charge in [0.1, 0.15) is 28.5 Å². The van der Waals surface area contributed by atoms with E-state index >= 15 is 0 Å². The number of benzene rings is 1. The Labute approximate surface area is 173 Å². The molecule has 0 amide bonds. The van der Waals surface area contributed by atoms with Crippen LogP contribution in [-0.2, 0) is 22.6 Å². The maximum Gasteiger partial charge on any atom is 0.304 e. The lowest BCUT2D eigenvalue weighted by Gasteiger charge is -2.17. The van der Waals surface area contributed by atoms with Gasteiger partial charge in [-0.25, -0.2) is 4.98 Å². The Kier molecular flexibility index (Phi) is 5.03. The zero-order chi connectivity index (χ0) is 20.1. The van der Waals surface area contributed by atoms with Gasteiger partial charge in [0.25, 0.3) is 5.56 Å². The van der Waals surface area contributed by atoms with E-state index in [1.165, 1.54) is 17.6 Å². The quantitative estimate of drug-likeness (QED) is 0.433. The van der Waals surface area contributed by atoms with Gasteiger partial charge < -0.3 is 14.0 Å². The second-order valence-corrected chi connectivity index (χ2v) is 9.81. The number of alkyl halides is 1. The summed E-state index contributed by atoms with van der Waals surface area (Å²) < 4.78 is 24.4. The van der Waals surface area contributed by atoms with E-state index in [-0.39, 0.29) is 17.6 Å². The maximum atomic E-state index is 13.2. The van der Waals surface area contributed by atoms with Gasteiger partial charge in [0.2, 0.25) is 0 Å². The lowest BCUT2D eigenvalue weighted by molar-refractivity contribution is 0.389. The van der Waals surface area contributed by atoms with Gasteiger partial charge in [-0.15, -0.1) is 11.6 Å². The summed E-state index contributed by atoms with van der Waals surface area (Å²) in [6.07, 6.45) is 3.03. The van der Waals surface area contributed by atoms with Gasteiger partial charge in [0.05, 0.1) is 20.8 Å². The van der Waals surface area contributed by atoms with Crippen molar-refractivity contribution in [3.05, 3.63) is 39.9 Å². The van der Waals surface area contributed by atoms with Crippen molar-refractivity contribution in [2.45, 2.75) is 28.6 Å². The topological polar surface area (TPSA) is 89.3 Å². The Morgan fingerprint density at radius 1 is 1.32 bits per heavy atom. The highest BCUT2D eigenvalue weighted by Crippen LogP contribution is 2.51. The Morgan fingerprint density at radius 3 is 2.68 bits per heavy atom. The van der Waals surface area contributed by atoms with Crippen molar-refractivity contribution < 1.29 is 14.0 Å². The molecular formula is C18H18ClN3O4S2. The number of thiazole rings is 1. The second-order valence-electron chi connectivity index (χ2n) is 6.56. The van der Waals surface area contributed by atoms with Crippen LogP contribution in [0.5, 0.6) is 11.5 Å². The first-order chi connectivity index (χ1) is 13.4. The standard InChI is InChI=1S/C18H18ClN3O4S2/c1-25-11-5-4-10(12(8-11)26-2)9-22-15(23)13-14(27-17(20-13)28(3)24)21-16(22)18(19)6-7-18/h4-5,8H,6-7,9H2,1-3H3. The van der Waals surface area contributed by atoms with Crippen LogP contribution in [0.3, 0.4) is 0 Å². The van der Waals surface area contributed by atoms with E-state index in [1.54, 1.807) is 24.9 Å². The highest BCUT2D eigenvalue weighted by atomic mass is 35.5. The van der Waals surface area contributed by atoms with E-state index in [0.717, 1.165) is 18.4 Å². The fraction of sp³-hybridized carbons (Fsp3) is 0.389. The molecule has 2 aromatic heterocycles. The normalized spacial score (nSPS) is 16.2. The number of rotatable bonds is 6. The maximum absolute atomic E-state index is 13.2. The van der Waals surface area contributed by atoms with Crippen molar-refractivity contribution >= 4 is 44.5 Å². The Balaban J connectivity index is 1.88. The van der Waals surface area contributed by atoms with Gasteiger partial charge in [-0.2, -0.15) is 4.98 Å². The van der Waals surface area contributed by atoms with Crippen LogP contribution < -0.4 is 15.0 Å². The largest absolute Gasteiger partial charge is 0.610 e. The molecule has 7 nitrogen and oxygen atoms in total. The average Bonchev–Trinajstić information content (AvgIpc) is 3.27. The molecule has 2 heterocycles. The number of nitrogens with zero attached hydrogens (tertiary/aromatic N) is 3. The van der Waals surface area contributed by atoms with E-state index in [1.807, 2.05) is 12.1 Å². The van der Waals surface area contributed by atoms with Gasteiger partial charge in [-0.3, -0.25) is 9.36 Å². The summed E-state index contributed by atoms with van der Waals surface area (Å²) >= 11 is 6.54. The highest BCUT2D eigenvalue weighted by Gasteiger charge is 2.47. The first-order valence-corrected chi connectivity index (χ1v) is 11.3. The zero-order valence-corrected chi connectivity index (χ0v) is 17.9. The molecule has 0 N–H and O–H groups in total. The molecule has 1 saturated carbocycles. The number of ether oxygens (including phenoxy) is 2. The van der Waals surface area contributed by atoms with E-state index in [4.69, 9.17) is 21.1 Å². The number of methoxy groups -OCH3 is 2. The molecule has 10 heteroatoms. The minimum absolute atomic E-state index is 0.215. The second kappa shape index (κ2) is 7.22. The smallest absolute Gasteiger partial charge is 0.304 e. The molecule has 1 atom stereocenters. The van der Waals surface area contributed by atoms with E-state index < -0.39 is 16.1 Å². The van der Waals surface area contributed by atoms with Gasteiger partial charge in [0.15, 0.2) is 10.3 Å². The summed E-state index contributed by atoms with van der Waals surface area (Å²) in [4.78, 5) is 21.9. The molecule has 0 aliphatic heterocycles. The van der Waals surface area contributed by atoms with Crippen LogP contribution in [0, 0.1) is 0 Å². The van der Waals surface area contributed by atoms with E-state index in [0.29, 0.717) is 26.5 Å². The van der Waals surface area contributed by atoms with Gasteiger partial charge in [-0.1, -0.05) is 0 Å². The molecule has 1 aromatic carbocycles. The highest BCUT2D eigenvalue weighted by molar-refractivity contribution is 7.92. The summed E-state index contributed by atoms with van der Waals surface area (Å²) in [7, 11) is 3.15. The Morgan fingerprint density at radius 2 is 2.07 bits per heavy atom. The average molecular weight is 440 g/mol. The molecule has 0 radical (unpaired) electrons. The number of halogens is 1. The van der Waals surface area contributed by atoms with Gasteiger partial charge in [0, 0.05) is 22.8 Å². The van der Waals surface area contributed by atoms with Crippen LogP contribution in [0.2, 0.25) is 0 Å². The molecule has 1 aliphatic carbocycles. The predicted octanol–water partition coefficient (Wildman–Crippen LogP) is 2.88. The Bertz CT molecular complexity index is 1110. The van der Waals surface area contributed by atoms with E-state index in [2.05, 4.69) is 9.97 Å². The van der Waals surface area contributed by atoms with Gasteiger partial charge >= 0.3 is 4.34 Å². The Hall–Kier alpha value is -1.81. The van der Waals surface area contributed by atoms with Crippen molar-refractivity contribution in [3.8, 4) is 11.5 Å². The number of aromatic nitrogens is 3.